The summed E-state index contributed by atoms with van der Waals surface area (Å²) in [7, 11) is 4.22. The van der Waals surface area contributed by atoms with Crippen molar-refractivity contribution in [2.24, 2.45) is 0 Å². The average molecular weight is 246 g/mol. The summed E-state index contributed by atoms with van der Waals surface area (Å²) >= 11 is 0. The first-order chi connectivity index (χ1) is 8.72. The highest BCUT2D eigenvalue weighted by Crippen LogP contribution is 2.26. The maximum absolute atomic E-state index is 5.65. The van der Waals surface area contributed by atoms with Crippen LogP contribution in [0.2, 0.25) is 0 Å². The van der Waals surface area contributed by atoms with Crippen LogP contribution in [0.25, 0.3) is 10.9 Å². The average Bonchev–Trinajstić information content (AvgIpc) is 2.74. The Bertz CT molecular complexity index is 502. The van der Waals surface area contributed by atoms with Crippen molar-refractivity contribution in [3.8, 4) is 5.75 Å². The summed E-state index contributed by atoms with van der Waals surface area (Å²) in [5, 5.41) is 1.21. The SMILES string of the molecule is CCOc1cccc2c1ccn2CCCN(C)C. The van der Waals surface area contributed by atoms with Crippen LogP contribution < -0.4 is 4.74 Å². The van der Waals surface area contributed by atoms with Gasteiger partial charge >= 0.3 is 0 Å². The number of hydrogen-bond donors (Lipinski definition) is 0. The van der Waals surface area contributed by atoms with Crippen LogP contribution in [-0.2, 0) is 6.54 Å². The molecule has 0 N–H and O–H groups in total. The van der Waals surface area contributed by atoms with E-state index >= 15 is 0 Å². The van der Waals surface area contributed by atoms with Crippen LogP contribution in [0.1, 0.15) is 13.3 Å². The number of aromatic nitrogens is 1. The predicted octanol–water partition coefficient (Wildman–Crippen LogP) is 2.99. The lowest BCUT2D eigenvalue weighted by atomic mass is 10.2. The van der Waals surface area contributed by atoms with Crippen LogP contribution in [0, 0.1) is 0 Å². The lowest BCUT2D eigenvalue weighted by molar-refractivity contribution is 0.344. The summed E-state index contributed by atoms with van der Waals surface area (Å²) in [6.45, 7) is 4.90. The lowest BCUT2D eigenvalue weighted by Gasteiger charge is -2.11. The molecule has 0 unspecified atom stereocenters. The minimum atomic E-state index is 0.713. The molecule has 0 aliphatic carbocycles. The maximum Gasteiger partial charge on any atom is 0.128 e. The van der Waals surface area contributed by atoms with E-state index in [4.69, 9.17) is 4.74 Å². The number of rotatable bonds is 6. The third-order valence-corrected chi connectivity index (χ3v) is 3.08. The summed E-state index contributed by atoms with van der Waals surface area (Å²) < 4.78 is 7.96. The van der Waals surface area contributed by atoms with Crippen molar-refractivity contribution >= 4 is 10.9 Å². The molecule has 1 heterocycles. The number of benzene rings is 1. The largest absolute Gasteiger partial charge is 0.493 e. The minimum Gasteiger partial charge on any atom is -0.493 e. The number of ether oxygens (including phenoxy) is 1. The molecule has 18 heavy (non-hydrogen) atoms. The van der Waals surface area contributed by atoms with E-state index in [1.165, 1.54) is 10.9 Å². The van der Waals surface area contributed by atoms with Gasteiger partial charge in [0.15, 0.2) is 0 Å². The second-order valence-corrected chi connectivity index (χ2v) is 4.79. The number of hydrogen-bond acceptors (Lipinski definition) is 2. The first-order valence-corrected chi connectivity index (χ1v) is 6.57. The molecule has 2 rings (SSSR count). The van der Waals surface area contributed by atoms with Gasteiger partial charge in [-0.2, -0.15) is 0 Å². The van der Waals surface area contributed by atoms with Crippen LogP contribution >= 0.6 is 0 Å². The topological polar surface area (TPSA) is 17.4 Å². The Balaban J connectivity index is 2.17. The van der Waals surface area contributed by atoms with Crippen LogP contribution in [0.5, 0.6) is 5.75 Å². The molecule has 1 aromatic carbocycles. The van der Waals surface area contributed by atoms with Crippen molar-refractivity contribution in [1.29, 1.82) is 0 Å². The van der Waals surface area contributed by atoms with E-state index < -0.39 is 0 Å². The zero-order valence-electron chi connectivity index (χ0n) is 11.5. The predicted molar refractivity (Wildman–Crippen MR) is 76.3 cm³/mol. The fourth-order valence-corrected chi connectivity index (χ4v) is 2.23. The van der Waals surface area contributed by atoms with Gasteiger partial charge in [0.05, 0.1) is 12.1 Å². The van der Waals surface area contributed by atoms with Crippen LogP contribution in [0.4, 0.5) is 0 Å². The van der Waals surface area contributed by atoms with E-state index in [1.807, 2.05) is 13.0 Å². The second-order valence-electron chi connectivity index (χ2n) is 4.79. The Hall–Kier alpha value is -1.48. The van der Waals surface area contributed by atoms with Crippen LogP contribution in [0.3, 0.4) is 0 Å². The van der Waals surface area contributed by atoms with Gasteiger partial charge in [-0.3, -0.25) is 0 Å². The summed E-state index contributed by atoms with van der Waals surface area (Å²) in [4.78, 5) is 2.22. The quantitative estimate of drug-likeness (QED) is 0.779. The van der Waals surface area contributed by atoms with Gasteiger partial charge in [0.2, 0.25) is 0 Å². The van der Waals surface area contributed by atoms with Gasteiger partial charge < -0.3 is 14.2 Å². The highest BCUT2D eigenvalue weighted by Gasteiger charge is 2.05. The maximum atomic E-state index is 5.65. The monoisotopic (exact) mass is 246 g/mol. The van der Waals surface area contributed by atoms with E-state index in [2.05, 4.69) is 48.0 Å². The molecule has 0 bridgehead atoms. The van der Waals surface area contributed by atoms with Crippen molar-refractivity contribution in [2.45, 2.75) is 19.9 Å². The summed E-state index contributed by atoms with van der Waals surface area (Å²) in [6, 6.07) is 8.41. The van der Waals surface area contributed by atoms with Gasteiger partial charge in [0.1, 0.15) is 5.75 Å². The molecule has 3 heteroatoms. The van der Waals surface area contributed by atoms with Crippen LogP contribution in [-0.4, -0.2) is 36.7 Å². The summed E-state index contributed by atoms with van der Waals surface area (Å²) in [5.41, 5.74) is 1.26. The van der Waals surface area contributed by atoms with Crippen molar-refractivity contribution in [2.75, 3.05) is 27.2 Å². The molecular weight excluding hydrogens is 224 g/mol. The second kappa shape index (κ2) is 5.91. The highest BCUT2D eigenvalue weighted by molar-refractivity contribution is 5.86. The van der Waals surface area contributed by atoms with Gasteiger partial charge in [0, 0.05) is 18.1 Å². The molecular formula is C15H22N2O. The zero-order chi connectivity index (χ0) is 13.0. The van der Waals surface area contributed by atoms with E-state index in [-0.39, 0.29) is 0 Å². The van der Waals surface area contributed by atoms with Gasteiger partial charge in [-0.05, 0) is 52.2 Å². The van der Waals surface area contributed by atoms with E-state index in [1.54, 1.807) is 0 Å². The first-order valence-electron chi connectivity index (χ1n) is 6.57. The highest BCUT2D eigenvalue weighted by atomic mass is 16.5. The fraction of sp³-hybridized carbons (Fsp3) is 0.467. The zero-order valence-corrected chi connectivity index (χ0v) is 11.5. The molecule has 0 saturated heterocycles. The smallest absolute Gasteiger partial charge is 0.128 e. The summed E-state index contributed by atoms with van der Waals surface area (Å²) in [6.07, 6.45) is 3.32. The first kappa shape index (κ1) is 13.0. The van der Waals surface area contributed by atoms with Crippen molar-refractivity contribution < 1.29 is 4.74 Å². The molecule has 0 amide bonds. The molecule has 3 nitrogen and oxygen atoms in total. The van der Waals surface area contributed by atoms with Crippen LogP contribution in [0.15, 0.2) is 30.5 Å². The standard InChI is InChI=1S/C15H22N2O/c1-4-18-15-8-5-7-14-13(15)9-12-17(14)11-6-10-16(2)3/h5,7-9,12H,4,6,10-11H2,1-3H3. The Labute approximate surface area is 109 Å². The van der Waals surface area contributed by atoms with Crippen molar-refractivity contribution in [3.63, 3.8) is 0 Å². The molecule has 0 spiro atoms. The van der Waals surface area contributed by atoms with E-state index in [0.717, 1.165) is 25.3 Å². The fourth-order valence-electron chi connectivity index (χ4n) is 2.23. The Morgan fingerprint density at radius 2 is 2.06 bits per heavy atom. The van der Waals surface area contributed by atoms with Crippen molar-refractivity contribution in [3.05, 3.63) is 30.5 Å². The molecule has 0 radical (unpaired) electrons. The van der Waals surface area contributed by atoms with Crippen molar-refractivity contribution in [1.82, 2.24) is 9.47 Å². The molecule has 0 atom stereocenters. The summed E-state index contributed by atoms with van der Waals surface area (Å²) in [5.74, 6) is 0.987. The molecule has 0 aliphatic heterocycles. The third-order valence-electron chi connectivity index (χ3n) is 3.08. The van der Waals surface area contributed by atoms with E-state index in [9.17, 15) is 0 Å². The Morgan fingerprint density at radius 3 is 2.78 bits per heavy atom. The Kier molecular flexibility index (Phi) is 4.26. The molecule has 0 fully saturated rings. The molecule has 1 aromatic heterocycles. The normalized spacial score (nSPS) is 11.3. The van der Waals surface area contributed by atoms with E-state index in [0.29, 0.717) is 6.61 Å². The van der Waals surface area contributed by atoms with Gasteiger partial charge in [-0.25, -0.2) is 0 Å². The van der Waals surface area contributed by atoms with Gasteiger partial charge in [0.25, 0.3) is 0 Å². The number of aryl methyl sites for hydroxylation is 1. The lowest BCUT2D eigenvalue weighted by Crippen LogP contribution is -2.14. The number of fused-ring (bicyclic) bond motifs is 1. The minimum absolute atomic E-state index is 0.713. The molecule has 2 aromatic rings. The Morgan fingerprint density at radius 1 is 1.22 bits per heavy atom. The third kappa shape index (κ3) is 2.85. The molecule has 0 saturated carbocycles. The number of nitrogens with zero attached hydrogens (tertiary/aromatic N) is 2. The molecule has 98 valence electrons. The van der Waals surface area contributed by atoms with Gasteiger partial charge in [-0.1, -0.05) is 6.07 Å². The van der Waals surface area contributed by atoms with Gasteiger partial charge in [-0.15, -0.1) is 0 Å². The molecule has 0 aliphatic rings.